The van der Waals surface area contributed by atoms with Crippen LogP contribution in [0.5, 0.6) is 0 Å². The molecule has 0 aliphatic carbocycles. The van der Waals surface area contributed by atoms with Crippen molar-refractivity contribution in [3.63, 3.8) is 0 Å². The lowest BCUT2D eigenvalue weighted by Crippen LogP contribution is -2.28. The second kappa shape index (κ2) is 6.68. The Balaban J connectivity index is 1.51. The van der Waals surface area contributed by atoms with Crippen LogP contribution in [0.2, 0.25) is 0 Å². The van der Waals surface area contributed by atoms with Crippen molar-refractivity contribution in [1.29, 1.82) is 0 Å². The predicted octanol–water partition coefficient (Wildman–Crippen LogP) is 2.68. The van der Waals surface area contributed by atoms with E-state index in [1.807, 2.05) is 13.0 Å². The number of hydrogen-bond donors (Lipinski definition) is 0. The number of imidazole rings is 1. The van der Waals surface area contributed by atoms with Crippen LogP contribution in [-0.4, -0.2) is 50.5 Å². The second-order valence-corrected chi connectivity index (χ2v) is 7.98. The highest BCUT2D eigenvalue weighted by atomic mass is 32.1. The molecule has 8 heteroatoms. The van der Waals surface area contributed by atoms with Gasteiger partial charge in [0.15, 0.2) is 16.5 Å². The van der Waals surface area contributed by atoms with E-state index in [0.29, 0.717) is 12.2 Å². The lowest BCUT2D eigenvalue weighted by atomic mass is 10.3. The summed E-state index contributed by atoms with van der Waals surface area (Å²) in [6, 6.07) is 3.66. The summed E-state index contributed by atoms with van der Waals surface area (Å²) in [4.78, 5) is 23.4. The van der Waals surface area contributed by atoms with Gasteiger partial charge in [-0.05, 0) is 38.8 Å². The molecule has 0 unspecified atom stereocenters. The molecule has 4 rings (SSSR count). The quantitative estimate of drug-likeness (QED) is 0.706. The Bertz CT molecular complexity index is 939. The summed E-state index contributed by atoms with van der Waals surface area (Å²) in [5.74, 6) is 0.718. The minimum Gasteiger partial charge on any atom is -0.355 e. The van der Waals surface area contributed by atoms with Crippen LogP contribution in [0.3, 0.4) is 0 Å². The Morgan fingerprint density at radius 2 is 2.00 bits per heavy atom. The number of carbonyl (C=O) groups is 1. The van der Waals surface area contributed by atoms with Crippen molar-refractivity contribution in [3.8, 4) is 0 Å². The molecule has 4 heterocycles. The van der Waals surface area contributed by atoms with Crippen LogP contribution < -0.4 is 4.90 Å². The van der Waals surface area contributed by atoms with Crippen molar-refractivity contribution >= 4 is 28.0 Å². The van der Waals surface area contributed by atoms with Gasteiger partial charge in [0, 0.05) is 31.2 Å². The van der Waals surface area contributed by atoms with Gasteiger partial charge in [-0.25, -0.2) is 4.98 Å². The third-order valence-corrected chi connectivity index (χ3v) is 5.67. The Morgan fingerprint density at radius 3 is 2.69 bits per heavy atom. The molecular formula is C18H22N6OS. The largest absolute Gasteiger partial charge is 0.355 e. The van der Waals surface area contributed by atoms with Crippen LogP contribution in [0.1, 0.15) is 39.6 Å². The van der Waals surface area contributed by atoms with Crippen molar-refractivity contribution in [2.45, 2.75) is 33.2 Å². The fourth-order valence-corrected chi connectivity index (χ4v) is 4.24. The molecule has 0 aromatic carbocycles. The number of aromatic nitrogens is 4. The van der Waals surface area contributed by atoms with Gasteiger partial charge < -0.3 is 9.80 Å². The van der Waals surface area contributed by atoms with Gasteiger partial charge in [-0.3, -0.25) is 9.20 Å². The summed E-state index contributed by atoms with van der Waals surface area (Å²) in [7, 11) is 1.79. The van der Waals surface area contributed by atoms with Crippen molar-refractivity contribution in [3.05, 3.63) is 40.3 Å². The first-order valence-corrected chi connectivity index (χ1v) is 9.62. The van der Waals surface area contributed by atoms with Gasteiger partial charge in [0.2, 0.25) is 0 Å². The highest BCUT2D eigenvalue weighted by Crippen LogP contribution is 2.22. The molecule has 7 nitrogen and oxygen atoms in total. The molecule has 0 N–H and O–H groups in total. The van der Waals surface area contributed by atoms with E-state index in [9.17, 15) is 4.79 Å². The summed E-state index contributed by atoms with van der Waals surface area (Å²) >= 11 is 1.65. The average molecular weight is 370 g/mol. The number of thiazole rings is 1. The molecule has 26 heavy (non-hydrogen) atoms. The monoisotopic (exact) mass is 370 g/mol. The predicted molar refractivity (Wildman–Crippen MR) is 102 cm³/mol. The fraction of sp³-hybridized carbons (Fsp3) is 0.444. The third-order valence-electron chi connectivity index (χ3n) is 4.77. The maximum Gasteiger partial charge on any atom is 0.274 e. The number of carbonyl (C=O) groups excluding carboxylic acids is 1. The SMILES string of the molecule is Cc1cn2c(CN(C)C(=O)c3ccc(N4CCCC4)nn3)c(C)nc2s1. The minimum atomic E-state index is -0.133. The maximum atomic E-state index is 12.7. The normalized spacial score (nSPS) is 14.3. The number of hydrogen-bond acceptors (Lipinski definition) is 6. The second-order valence-electron chi connectivity index (χ2n) is 6.77. The highest BCUT2D eigenvalue weighted by Gasteiger charge is 2.20. The Hall–Kier alpha value is -2.48. The zero-order valence-corrected chi connectivity index (χ0v) is 16.1. The lowest BCUT2D eigenvalue weighted by Gasteiger charge is -2.18. The van der Waals surface area contributed by atoms with Crippen LogP contribution in [0.15, 0.2) is 18.3 Å². The van der Waals surface area contributed by atoms with Gasteiger partial charge in [0.25, 0.3) is 5.91 Å². The number of fused-ring (bicyclic) bond motifs is 1. The van der Waals surface area contributed by atoms with Gasteiger partial charge in [-0.15, -0.1) is 21.5 Å². The van der Waals surface area contributed by atoms with Crippen LogP contribution in [0, 0.1) is 13.8 Å². The summed E-state index contributed by atoms with van der Waals surface area (Å²) in [5.41, 5.74) is 2.35. The summed E-state index contributed by atoms with van der Waals surface area (Å²) in [6.07, 6.45) is 4.44. The molecule has 3 aromatic rings. The minimum absolute atomic E-state index is 0.133. The van der Waals surface area contributed by atoms with Gasteiger partial charge in [0.1, 0.15) is 0 Å². The molecule has 1 amide bonds. The first kappa shape index (κ1) is 17.0. The molecule has 0 atom stereocenters. The summed E-state index contributed by atoms with van der Waals surface area (Å²) < 4.78 is 2.07. The molecule has 0 bridgehead atoms. The maximum absolute atomic E-state index is 12.7. The van der Waals surface area contributed by atoms with Crippen molar-refractivity contribution in [1.82, 2.24) is 24.5 Å². The number of amides is 1. The van der Waals surface area contributed by atoms with Crippen LogP contribution >= 0.6 is 11.3 Å². The topological polar surface area (TPSA) is 66.6 Å². The molecule has 1 fully saturated rings. The number of rotatable bonds is 4. The summed E-state index contributed by atoms with van der Waals surface area (Å²) in [6.45, 7) is 6.55. The molecule has 1 aliphatic heterocycles. The van der Waals surface area contributed by atoms with Gasteiger partial charge in [0.05, 0.1) is 17.9 Å². The van der Waals surface area contributed by atoms with E-state index < -0.39 is 0 Å². The molecule has 0 saturated carbocycles. The molecule has 3 aromatic heterocycles. The Labute approximate surface area is 156 Å². The number of anilines is 1. The van der Waals surface area contributed by atoms with Gasteiger partial charge >= 0.3 is 0 Å². The first-order valence-electron chi connectivity index (χ1n) is 8.81. The summed E-state index contributed by atoms with van der Waals surface area (Å²) in [5, 5.41) is 8.40. The lowest BCUT2D eigenvalue weighted by molar-refractivity contribution is 0.0776. The molecule has 1 saturated heterocycles. The van der Waals surface area contributed by atoms with E-state index in [1.54, 1.807) is 29.4 Å². The standard InChI is InChI=1S/C18H22N6OS/c1-12-10-24-15(13(2)19-18(24)26-12)11-22(3)17(25)14-6-7-16(21-20-14)23-8-4-5-9-23/h6-7,10H,4-5,8-9,11H2,1-3H3. The first-order chi connectivity index (χ1) is 12.5. The van der Waals surface area contributed by atoms with E-state index in [2.05, 4.69) is 37.6 Å². The molecular weight excluding hydrogens is 348 g/mol. The van der Waals surface area contributed by atoms with Gasteiger partial charge in [-0.2, -0.15) is 0 Å². The zero-order chi connectivity index (χ0) is 18.3. The fourth-order valence-electron chi connectivity index (χ4n) is 3.35. The van der Waals surface area contributed by atoms with E-state index in [4.69, 9.17) is 0 Å². The molecule has 1 aliphatic rings. The van der Waals surface area contributed by atoms with Crippen LogP contribution in [0.25, 0.3) is 4.96 Å². The number of aryl methyl sites for hydroxylation is 2. The van der Waals surface area contributed by atoms with E-state index in [1.165, 1.54) is 17.7 Å². The smallest absolute Gasteiger partial charge is 0.274 e. The van der Waals surface area contributed by atoms with Crippen molar-refractivity contribution in [2.75, 3.05) is 25.0 Å². The Kier molecular flexibility index (Phi) is 4.36. The number of nitrogens with zero attached hydrogens (tertiary/aromatic N) is 6. The van der Waals surface area contributed by atoms with Crippen LogP contribution in [-0.2, 0) is 6.54 Å². The highest BCUT2D eigenvalue weighted by molar-refractivity contribution is 7.17. The third kappa shape index (κ3) is 3.05. The van der Waals surface area contributed by atoms with Crippen molar-refractivity contribution in [2.24, 2.45) is 0 Å². The van der Waals surface area contributed by atoms with Crippen LogP contribution in [0.4, 0.5) is 5.82 Å². The molecule has 0 spiro atoms. The average Bonchev–Trinajstić information content (AvgIpc) is 3.33. The van der Waals surface area contributed by atoms with E-state index in [0.717, 1.165) is 35.3 Å². The van der Waals surface area contributed by atoms with Crippen molar-refractivity contribution < 1.29 is 4.79 Å². The van der Waals surface area contributed by atoms with E-state index in [-0.39, 0.29) is 5.91 Å². The van der Waals surface area contributed by atoms with Gasteiger partial charge in [-0.1, -0.05) is 0 Å². The molecule has 0 radical (unpaired) electrons. The molecule has 136 valence electrons. The van der Waals surface area contributed by atoms with E-state index >= 15 is 0 Å². The zero-order valence-electron chi connectivity index (χ0n) is 15.3. The Morgan fingerprint density at radius 1 is 1.23 bits per heavy atom.